The molecule has 11 heteroatoms. The Hall–Kier alpha value is -3.44. The Morgan fingerprint density at radius 1 is 1.15 bits per heavy atom. The van der Waals surface area contributed by atoms with E-state index in [-0.39, 0.29) is 29.4 Å². The van der Waals surface area contributed by atoms with Gasteiger partial charge in [-0.15, -0.1) is 5.10 Å². The lowest BCUT2D eigenvalue weighted by Gasteiger charge is -2.31. The van der Waals surface area contributed by atoms with Gasteiger partial charge < -0.3 is 4.98 Å². The monoisotopic (exact) mass is 482 g/mol. The number of hydrogen-bond donors (Lipinski definition) is 1. The number of benzene rings is 2. The molecule has 5 rings (SSSR count). The van der Waals surface area contributed by atoms with Crippen molar-refractivity contribution in [2.75, 3.05) is 13.1 Å². The molecule has 1 atom stereocenters. The quantitative estimate of drug-likeness (QED) is 0.468. The van der Waals surface area contributed by atoms with Crippen molar-refractivity contribution in [2.45, 2.75) is 37.1 Å². The second-order valence-corrected chi connectivity index (χ2v) is 10.4. The van der Waals surface area contributed by atoms with Gasteiger partial charge in [-0.25, -0.2) is 22.5 Å². The van der Waals surface area contributed by atoms with Gasteiger partial charge in [-0.1, -0.05) is 47.2 Å². The molecular weight excluding hydrogens is 459 g/mol. The number of aromatic nitrogens is 5. The molecule has 0 aliphatic carbocycles. The first-order valence-corrected chi connectivity index (χ1v) is 12.4. The molecule has 0 saturated carbocycles. The Morgan fingerprint density at radius 2 is 1.91 bits per heavy atom. The minimum atomic E-state index is -4.02. The normalized spacial score (nSPS) is 17.3. The van der Waals surface area contributed by atoms with Crippen LogP contribution in [0.2, 0.25) is 0 Å². The molecule has 2 aromatic heterocycles. The lowest BCUT2D eigenvalue weighted by Crippen LogP contribution is -2.40. The summed E-state index contributed by atoms with van der Waals surface area (Å²) in [5.74, 6) is -0.767. The highest BCUT2D eigenvalue weighted by Crippen LogP contribution is 2.29. The summed E-state index contributed by atoms with van der Waals surface area (Å²) in [6.07, 6.45) is 1.19. The fourth-order valence-electron chi connectivity index (χ4n) is 4.23. The van der Waals surface area contributed by atoms with Crippen LogP contribution in [0.5, 0.6) is 0 Å². The largest absolute Gasteiger partial charge is 0.308 e. The van der Waals surface area contributed by atoms with E-state index in [1.807, 2.05) is 31.2 Å². The zero-order valence-electron chi connectivity index (χ0n) is 18.5. The summed E-state index contributed by atoms with van der Waals surface area (Å²) in [6, 6.07) is 13.3. The number of aromatic amines is 1. The molecule has 4 aromatic rings. The van der Waals surface area contributed by atoms with Crippen molar-refractivity contribution in [2.24, 2.45) is 0 Å². The van der Waals surface area contributed by atoms with Gasteiger partial charge in [0.1, 0.15) is 16.5 Å². The van der Waals surface area contributed by atoms with Crippen LogP contribution in [0.25, 0.3) is 11.2 Å². The number of H-pyrrole nitrogens is 1. The van der Waals surface area contributed by atoms with Gasteiger partial charge in [-0.05, 0) is 37.5 Å². The Kier molecular flexibility index (Phi) is 5.74. The third kappa shape index (κ3) is 4.12. The van der Waals surface area contributed by atoms with Gasteiger partial charge >= 0.3 is 0 Å². The van der Waals surface area contributed by atoms with E-state index in [0.717, 1.165) is 17.2 Å². The second-order valence-electron chi connectivity index (χ2n) is 8.49. The zero-order valence-corrected chi connectivity index (χ0v) is 19.3. The van der Waals surface area contributed by atoms with E-state index in [1.165, 1.54) is 22.5 Å². The molecule has 9 nitrogen and oxygen atoms in total. The molecule has 3 heterocycles. The minimum absolute atomic E-state index is 0.0879. The van der Waals surface area contributed by atoms with Crippen LogP contribution < -0.4 is 5.56 Å². The predicted octanol–water partition coefficient (Wildman–Crippen LogP) is 2.58. The number of piperidine rings is 1. The number of aryl methyl sites for hydroxylation is 1. The first-order chi connectivity index (χ1) is 16.3. The van der Waals surface area contributed by atoms with Crippen molar-refractivity contribution in [3.63, 3.8) is 0 Å². The molecule has 1 aliphatic rings. The number of sulfonamides is 1. The molecule has 1 saturated heterocycles. The van der Waals surface area contributed by atoms with Gasteiger partial charge in [0, 0.05) is 19.0 Å². The van der Waals surface area contributed by atoms with E-state index in [2.05, 4.69) is 20.3 Å². The van der Waals surface area contributed by atoms with Crippen molar-refractivity contribution in [1.82, 2.24) is 29.3 Å². The minimum Gasteiger partial charge on any atom is -0.308 e. The van der Waals surface area contributed by atoms with Crippen LogP contribution in [0.3, 0.4) is 0 Å². The molecule has 0 spiro atoms. The third-order valence-electron chi connectivity index (χ3n) is 6.07. The average Bonchev–Trinajstić information content (AvgIpc) is 3.24. The van der Waals surface area contributed by atoms with Crippen LogP contribution in [-0.4, -0.2) is 50.8 Å². The number of halogens is 1. The van der Waals surface area contributed by atoms with Gasteiger partial charge in [0.2, 0.25) is 10.0 Å². The number of hydrogen-bond acceptors (Lipinski definition) is 6. The summed E-state index contributed by atoms with van der Waals surface area (Å²) in [4.78, 5) is 19.7. The molecule has 0 radical (unpaired) electrons. The Morgan fingerprint density at radius 3 is 2.68 bits per heavy atom. The van der Waals surface area contributed by atoms with Crippen molar-refractivity contribution < 1.29 is 12.8 Å². The Bertz CT molecular complexity index is 1510. The molecule has 0 bridgehead atoms. The smallest absolute Gasteiger partial charge is 0.281 e. The summed E-state index contributed by atoms with van der Waals surface area (Å²) < 4.78 is 43.2. The zero-order chi connectivity index (χ0) is 23.9. The molecule has 0 amide bonds. The summed E-state index contributed by atoms with van der Waals surface area (Å²) in [7, 11) is -4.02. The molecule has 1 N–H and O–H groups in total. The van der Waals surface area contributed by atoms with Gasteiger partial charge in [0.15, 0.2) is 11.2 Å². The van der Waals surface area contributed by atoms with E-state index < -0.39 is 21.4 Å². The van der Waals surface area contributed by atoms with Crippen LogP contribution in [0.4, 0.5) is 4.39 Å². The lowest BCUT2D eigenvalue weighted by molar-refractivity contribution is 0.308. The van der Waals surface area contributed by atoms with Gasteiger partial charge in [-0.3, -0.25) is 4.79 Å². The molecule has 2 aromatic carbocycles. The molecule has 1 aliphatic heterocycles. The third-order valence-corrected chi connectivity index (χ3v) is 7.97. The maximum Gasteiger partial charge on any atom is 0.281 e. The number of fused-ring (bicyclic) bond motifs is 1. The maximum absolute atomic E-state index is 14.2. The molecule has 1 fully saturated rings. The summed E-state index contributed by atoms with van der Waals surface area (Å²) in [5, 5.41) is 8.08. The van der Waals surface area contributed by atoms with Crippen LogP contribution in [0.1, 0.15) is 35.7 Å². The van der Waals surface area contributed by atoms with E-state index in [9.17, 15) is 17.6 Å². The van der Waals surface area contributed by atoms with Crippen LogP contribution in [0, 0.1) is 12.7 Å². The molecule has 176 valence electrons. The summed E-state index contributed by atoms with van der Waals surface area (Å²) in [5.41, 5.74) is 2.16. The van der Waals surface area contributed by atoms with E-state index in [4.69, 9.17) is 0 Å². The average molecular weight is 483 g/mol. The van der Waals surface area contributed by atoms with Gasteiger partial charge in [0.05, 0.1) is 6.54 Å². The Labute approximate surface area is 195 Å². The molecule has 34 heavy (non-hydrogen) atoms. The van der Waals surface area contributed by atoms with Gasteiger partial charge in [-0.2, -0.15) is 4.31 Å². The first-order valence-electron chi connectivity index (χ1n) is 11.0. The highest BCUT2D eigenvalue weighted by Gasteiger charge is 2.33. The fourth-order valence-corrected chi connectivity index (χ4v) is 5.82. The van der Waals surface area contributed by atoms with Crippen molar-refractivity contribution in [3.8, 4) is 0 Å². The van der Waals surface area contributed by atoms with Crippen molar-refractivity contribution in [3.05, 3.63) is 81.7 Å². The predicted molar refractivity (Wildman–Crippen MR) is 123 cm³/mol. The SMILES string of the molecule is Cc1ccc(Cn2nnc3c(=O)[nH]c([C@H]4CCCN(S(=O)(=O)c5ccccc5F)C4)nc32)cc1. The molecular formula is C23H23FN6O3S. The second kappa shape index (κ2) is 8.73. The topological polar surface area (TPSA) is 114 Å². The van der Waals surface area contributed by atoms with Crippen molar-refractivity contribution >= 4 is 21.2 Å². The van der Waals surface area contributed by atoms with E-state index in [1.54, 1.807) is 4.68 Å². The fraction of sp³-hybridized carbons (Fsp3) is 0.304. The summed E-state index contributed by atoms with van der Waals surface area (Å²) in [6.45, 7) is 2.75. The van der Waals surface area contributed by atoms with Gasteiger partial charge in [0.25, 0.3) is 5.56 Å². The van der Waals surface area contributed by atoms with E-state index >= 15 is 0 Å². The first kappa shape index (κ1) is 22.4. The molecule has 0 unspecified atom stereocenters. The highest BCUT2D eigenvalue weighted by molar-refractivity contribution is 7.89. The standard InChI is InChI=1S/C23H23FN6O3S/c1-15-8-10-16(11-9-15)13-30-22-20(27-28-30)23(31)26-21(25-22)17-5-4-12-29(14-17)34(32,33)19-7-3-2-6-18(19)24/h2-3,6-11,17H,4-5,12-14H2,1H3,(H,25,26,31)/t17-/m0/s1. The number of nitrogens with zero attached hydrogens (tertiary/aromatic N) is 5. The highest BCUT2D eigenvalue weighted by atomic mass is 32.2. The maximum atomic E-state index is 14.2. The van der Waals surface area contributed by atoms with E-state index in [0.29, 0.717) is 30.9 Å². The Balaban J connectivity index is 1.46. The van der Waals surface area contributed by atoms with Crippen LogP contribution in [-0.2, 0) is 16.6 Å². The lowest BCUT2D eigenvalue weighted by atomic mass is 9.99. The van der Waals surface area contributed by atoms with Crippen molar-refractivity contribution in [1.29, 1.82) is 0 Å². The van der Waals surface area contributed by atoms with Crippen LogP contribution >= 0.6 is 0 Å². The van der Waals surface area contributed by atoms with Crippen LogP contribution in [0.15, 0.2) is 58.2 Å². The number of nitrogens with one attached hydrogen (secondary N) is 1. The number of rotatable bonds is 5. The summed E-state index contributed by atoms with van der Waals surface area (Å²) >= 11 is 0.